The average molecular weight is 362 g/mol. The molecule has 2 aromatic carbocycles. The summed E-state index contributed by atoms with van der Waals surface area (Å²) in [6, 6.07) is 16.0. The smallest absolute Gasteiger partial charge is 0.210 e. The monoisotopic (exact) mass is 362 g/mol. The van der Waals surface area contributed by atoms with E-state index in [9.17, 15) is 13.7 Å². The summed E-state index contributed by atoms with van der Waals surface area (Å²) >= 11 is 0. The van der Waals surface area contributed by atoms with E-state index < -0.39 is 9.84 Å². The zero-order valence-electron chi connectivity index (χ0n) is 14.1. The Bertz CT molecular complexity index is 1210. The zero-order chi connectivity index (χ0) is 18.5. The Kier molecular flexibility index (Phi) is 3.56. The maximum Gasteiger partial charge on any atom is 0.210 e. The van der Waals surface area contributed by atoms with Gasteiger partial charge in [0.25, 0.3) is 0 Å². The van der Waals surface area contributed by atoms with E-state index in [-0.39, 0.29) is 15.4 Å². The summed E-state index contributed by atoms with van der Waals surface area (Å²) in [4.78, 5) is 4.75. The van der Waals surface area contributed by atoms with Crippen LogP contribution >= 0.6 is 0 Å². The van der Waals surface area contributed by atoms with Gasteiger partial charge in [-0.25, -0.2) is 8.42 Å². The number of nitriles is 1. The van der Waals surface area contributed by atoms with Crippen LogP contribution in [0, 0.1) is 18.3 Å². The molecule has 1 aliphatic rings. The summed E-state index contributed by atoms with van der Waals surface area (Å²) in [5.41, 5.74) is 2.58. The Morgan fingerprint density at radius 2 is 1.69 bits per heavy atom. The normalized spacial score (nSPS) is 13.6. The predicted molar refractivity (Wildman–Crippen MR) is 96.6 cm³/mol. The minimum atomic E-state index is -3.79. The highest BCUT2D eigenvalue weighted by Crippen LogP contribution is 2.49. The van der Waals surface area contributed by atoms with Gasteiger partial charge in [0.15, 0.2) is 0 Å². The van der Waals surface area contributed by atoms with Gasteiger partial charge < -0.3 is 4.74 Å². The molecule has 0 saturated heterocycles. The molecule has 0 saturated carbocycles. The lowest BCUT2D eigenvalue weighted by atomic mass is 9.96. The van der Waals surface area contributed by atoms with Crippen molar-refractivity contribution < 1.29 is 13.2 Å². The number of para-hydroxylation sites is 1. The first-order valence-electron chi connectivity index (χ1n) is 7.93. The van der Waals surface area contributed by atoms with E-state index in [1.54, 1.807) is 55.5 Å². The third-order valence-corrected chi connectivity index (χ3v) is 6.39. The maximum atomic E-state index is 13.3. The highest BCUT2D eigenvalue weighted by atomic mass is 32.2. The molecule has 0 bridgehead atoms. The van der Waals surface area contributed by atoms with Crippen LogP contribution in [0.1, 0.15) is 11.3 Å². The van der Waals surface area contributed by atoms with Crippen LogP contribution in [0.25, 0.3) is 22.4 Å². The van der Waals surface area contributed by atoms with Gasteiger partial charge in [0.05, 0.1) is 29.0 Å². The van der Waals surface area contributed by atoms with Crippen molar-refractivity contribution in [3.05, 3.63) is 59.8 Å². The van der Waals surface area contributed by atoms with Gasteiger partial charge in [0.1, 0.15) is 16.7 Å². The fourth-order valence-corrected chi connectivity index (χ4v) is 5.21. The van der Waals surface area contributed by atoms with Crippen LogP contribution in [0.4, 0.5) is 0 Å². The van der Waals surface area contributed by atoms with E-state index in [1.165, 1.54) is 7.11 Å². The number of methoxy groups -OCH3 is 1. The van der Waals surface area contributed by atoms with E-state index in [4.69, 9.17) is 4.74 Å². The lowest BCUT2D eigenvalue weighted by molar-refractivity contribution is 0.416. The number of hydrogen-bond acceptors (Lipinski definition) is 5. The molecule has 0 spiro atoms. The number of pyridine rings is 1. The molecule has 2 heterocycles. The fraction of sp³-hybridized carbons (Fsp3) is 0.100. The largest absolute Gasteiger partial charge is 0.496 e. The minimum absolute atomic E-state index is 0.0744. The Balaban J connectivity index is 2.22. The van der Waals surface area contributed by atoms with Gasteiger partial charge >= 0.3 is 0 Å². The van der Waals surface area contributed by atoms with Gasteiger partial charge in [-0.15, -0.1) is 0 Å². The lowest BCUT2D eigenvalue weighted by Crippen LogP contribution is -2.05. The molecule has 5 nitrogen and oxygen atoms in total. The van der Waals surface area contributed by atoms with Crippen LogP contribution in [0.2, 0.25) is 0 Å². The van der Waals surface area contributed by atoms with Gasteiger partial charge in [-0.2, -0.15) is 5.26 Å². The number of fused-ring (bicyclic) bond motifs is 3. The van der Waals surface area contributed by atoms with Crippen LogP contribution in [0.3, 0.4) is 0 Å². The topological polar surface area (TPSA) is 80.0 Å². The number of nitrogens with zero attached hydrogens (tertiary/aromatic N) is 2. The Labute approximate surface area is 151 Å². The summed E-state index contributed by atoms with van der Waals surface area (Å²) in [6.45, 7) is 1.71. The highest BCUT2D eigenvalue weighted by molar-refractivity contribution is 7.92. The molecule has 0 radical (unpaired) electrons. The van der Waals surface area contributed by atoms with Crippen molar-refractivity contribution in [1.82, 2.24) is 4.98 Å². The maximum absolute atomic E-state index is 13.3. The molecule has 26 heavy (non-hydrogen) atoms. The molecule has 1 aromatic heterocycles. The predicted octanol–water partition coefficient (Wildman–Crippen LogP) is 3.75. The zero-order valence-corrected chi connectivity index (χ0v) is 15.0. The number of aromatic nitrogens is 1. The second-order valence-corrected chi connectivity index (χ2v) is 7.79. The molecule has 0 unspecified atom stereocenters. The van der Waals surface area contributed by atoms with Crippen molar-refractivity contribution in [2.75, 3.05) is 7.11 Å². The summed E-state index contributed by atoms with van der Waals surface area (Å²) in [5, 5.41) is 9.72. The van der Waals surface area contributed by atoms with E-state index in [2.05, 4.69) is 11.1 Å². The molecule has 1 aliphatic heterocycles. The van der Waals surface area contributed by atoms with Crippen molar-refractivity contribution in [3.63, 3.8) is 0 Å². The number of aryl methyl sites for hydroxylation is 1. The van der Waals surface area contributed by atoms with Crippen molar-refractivity contribution in [2.45, 2.75) is 16.7 Å². The highest BCUT2D eigenvalue weighted by Gasteiger charge is 2.39. The third-order valence-electron chi connectivity index (χ3n) is 4.52. The molecule has 0 N–H and O–H groups in total. The first-order chi connectivity index (χ1) is 12.5. The molecule has 3 aromatic rings. The quantitative estimate of drug-likeness (QED) is 0.542. The van der Waals surface area contributed by atoms with Gasteiger partial charge in [-0.05, 0) is 19.1 Å². The van der Waals surface area contributed by atoms with E-state index in [0.29, 0.717) is 33.8 Å². The van der Waals surface area contributed by atoms with Gasteiger partial charge in [-0.3, -0.25) is 4.98 Å². The molecule has 0 aliphatic carbocycles. The molecular weight excluding hydrogens is 348 g/mol. The van der Waals surface area contributed by atoms with Crippen molar-refractivity contribution in [2.24, 2.45) is 0 Å². The second-order valence-electron chi connectivity index (χ2n) is 5.94. The summed E-state index contributed by atoms with van der Waals surface area (Å²) < 4.78 is 31.9. The van der Waals surface area contributed by atoms with Gasteiger partial charge in [0.2, 0.25) is 9.84 Å². The first-order valence-corrected chi connectivity index (χ1v) is 9.41. The molecule has 0 amide bonds. The van der Waals surface area contributed by atoms with Gasteiger partial charge in [0, 0.05) is 16.7 Å². The Hall–Kier alpha value is -3.17. The summed E-state index contributed by atoms with van der Waals surface area (Å²) in [6.07, 6.45) is 0. The molecule has 4 rings (SSSR count). The van der Waals surface area contributed by atoms with Crippen LogP contribution in [-0.2, 0) is 9.84 Å². The standard InChI is InChI=1S/C20H14N2O3S/c1-12-15(11-21)18(13-7-3-5-9-16(13)25-2)20-19(22-12)14-8-4-6-10-17(14)26(20,23)24/h3-10H,1-2H3. The van der Waals surface area contributed by atoms with Crippen molar-refractivity contribution in [3.8, 4) is 34.2 Å². The van der Waals surface area contributed by atoms with E-state index in [0.717, 1.165) is 0 Å². The fourth-order valence-electron chi connectivity index (χ4n) is 3.38. The summed E-state index contributed by atoms with van der Waals surface area (Å²) in [5.74, 6) is 0.503. The van der Waals surface area contributed by atoms with Gasteiger partial charge in [-0.1, -0.05) is 36.4 Å². The SMILES string of the molecule is COc1ccccc1-c1c(C#N)c(C)nc2c1S(=O)(=O)c1ccccc1-2. The van der Waals surface area contributed by atoms with Crippen molar-refractivity contribution in [1.29, 1.82) is 5.26 Å². The van der Waals surface area contributed by atoms with Crippen LogP contribution in [0.15, 0.2) is 58.3 Å². The number of rotatable bonds is 2. The minimum Gasteiger partial charge on any atom is -0.496 e. The Morgan fingerprint density at radius 1 is 1.04 bits per heavy atom. The summed E-state index contributed by atoms with van der Waals surface area (Å²) in [7, 11) is -2.27. The van der Waals surface area contributed by atoms with E-state index in [1.807, 2.05) is 0 Å². The Morgan fingerprint density at radius 3 is 2.38 bits per heavy atom. The second kappa shape index (κ2) is 5.68. The number of ether oxygens (including phenoxy) is 1. The number of hydrogen-bond donors (Lipinski definition) is 0. The van der Waals surface area contributed by atoms with Crippen LogP contribution in [-0.4, -0.2) is 20.5 Å². The van der Waals surface area contributed by atoms with Crippen LogP contribution < -0.4 is 4.74 Å². The number of sulfone groups is 1. The average Bonchev–Trinajstić information content (AvgIpc) is 2.88. The van der Waals surface area contributed by atoms with E-state index >= 15 is 0 Å². The molecule has 0 atom stereocenters. The van der Waals surface area contributed by atoms with Crippen molar-refractivity contribution >= 4 is 9.84 Å². The van der Waals surface area contributed by atoms with Crippen LogP contribution in [0.5, 0.6) is 5.75 Å². The first kappa shape index (κ1) is 16.3. The molecular formula is C20H14N2O3S. The molecule has 6 heteroatoms. The molecule has 128 valence electrons. The molecule has 0 fully saturated rings. The third kappa shape index (κ3) is 2.07. The lowest BCUT2D eigenvalue weighted by Gasteiger charge is -2.15. The number of benzene rings is 2.